The summed E-state index contributed by atoms with van der Waals surface area (Å²) in [6, 6.07) is 8.11. The fourth-order valence-electron chi connectivity index (χ4n) is 3.00. The lowest BCUT2D eigenvalue weighted by Gasteiger charge is -2.30. The first kappa shape index (κ1) is 16.5. The monoisotopic (exact) mass is 302 g/mol. The van der Waals surface area contributed by atoms with Crippen LogP contribution in [-0.2, 0) is 15.0 Å². The number of carbonyl (C=O) groups excluding carboxylic acids is 2. The van der Waals surface area contributed by atoms with Crippen LogP contribution >= 0.6 is 0 Å². The summed E-state index contributed by atoms with van der Waals surface area (Å²) in [4.78, 5) is 28.4. The van der Waals surface area contributed by atoms with Crippen LogP contribution in [-0.4, -0.2) is 48.8 Å². The quantitative estimate of drug-likeness (QED) is 0.859. The first-order valence-corrected chi connectivity index (χ1v) is 7.81. The van der Waals surface area contributed by atoms with Crippen molar-refractivity contribution in [3.63, 3.8) is 0 Å². The van der Waals surface area contributed by atoms with Crippen molar-refractivity contribution in [1.82, 2.24) is 9.80 Å². The van der Waals surface area contributed by atoms with Gasteiger partial charge < -0.3 is 9.80 Å². The minimum absolute atomic E-state index is 0.0623. The van der Waals surface area contributed by atoms with Gasteiger partial charge in [0.1, 0.15) is 0 Å². The summed E-state index contributed by atoms with van der Waals surface area (Å²) in [7, 11) is 3.53. The van der Waals surface area contributed by atoms with Crippen LogP contribution in [0, 0.1) is 12.8 Å². The SMILES string of the molecule is Cc1ccc(C(C)(C)C(=O)N2CCC(C(=O)N(C)C)C2)cc1. The van der Waals surface area contributed by atoms with Gasteiger partial charge >= 0.3 is 0 Å². The highest BCUT2D eigenvalue weighted by Crippen LogP contribution is 2.29. The van der Waals surface area contributed by atoms with Crippen molar-refractivity contribution in [3.05, 3.63) is 35.4 Å². The molecule has 1 aromatic carbocycles. The average molecular weight is 302 g/mol. The fourth-order valence-corrected chi connectivity index (χ4v) is 3.00. The van der Waals surface area contributed by atoms with Crippen molar-refractivity contribution in [2.45, 2.75) is 32.6 Å². The number of aryl methyl sites for hydroxylation is 1. The van der Waals surface area contributed by atoms with Gasteiger partial charge in [-0.3, -0.25) is 9.59 Å². The highest BCUT2D eigenvalue weighted by molar-refractivity contribution is 5.88. The lowest BCUT2D eigenvalue weighted by Crippen LogP contribution is -2.43. The van der Waals surface area contributed by atoms with Crippen LogP contribution in [0.4, 0.5) is 0 Å². The van der Waals surface area contributed by atoms with E-state index in [-0.39, 0.29) is 17.7 Å². The highest BCUT2D eigenvalue weighted by Gasteiger charge is 2.39. The van der Waals surface area contributed by atoms with Crippen LogP contribution < -0.4 is 0 Å². The van der Waals surface area contributed by atoms with Crippen molar-refractivity contribution < 1.29 is 9.59 Å². The number of benzene rings is 1. The molecule has 0 spiro atoms. The molecular weight excluding hydrogens is 276 g/mol. The zero-order chi connectivity index (χ0) is 16.5. The molecule has 1 heterocycles. The molecule has 0 bridgehead atoms. The molecule has 120 valence electrons. The number of rotatable bonds is 3. The molecule has 4 heteroatoms. The van der Waals surface area contributed by atoms with E-state index in [1.807, 2.05) is 49.9 Å². The van der Waals surface area contributed by atoms with Gasteiger partial charge in [0.25, 0.3) is 0 Å². The summed E-state index contributed by atoms with van der Waals surface area (Å²) in [5.74, 6) is 0.154. The number of amides is 2. The Balaban J connectivity index is 2.11. The maximum atomic E-state index is 12.9. The van der Waals surface area contributed by atoms with Crippen LogP contribution in [0.3, 0.4) is 0 Å². The van der Waals surface area contributed by atoms with Crippen LogP contribution in [0.2, 0.25) is 0 Å². The van der Waals surface area contributed by atoms with Crippen molar-refractivity contribution in [1.29, 1.82) is 0 Å². The molecular formula is C18H26N2O2. The molecule has 2 amide bonds. The maximum absolute atomic E-state index is 12.9. The molecule has 0 N–H and O–H groups in total. The van der Waals surface area contributed by atoms with E-state index in [9.17, 15) is 9.59 Å². The fraction of sp³-hybridized carbons (Fsp3) is 0.556. The van der Waals surface area contributed by atoms with E-state index in [1.165, 1.54) is 5.56 Å². The normalized spacial score (nSPS) is 18.4. The van der Waals surface area contributed by atoms with Crippen LogP contribution in [0.25, 0.3) is 0 Å². The Bertz CT molecular complexity index is 561. The summed E-state index contributed by atoms with van der Waals surface area (Å²) in [6.45, 7) is 7.15. The van der Waals surface area contributed by atoms with E-state index in [0.29, 0.717) is 13.1 Å². The van der Waals surface area contributed by atoms with Crippen molar-refractivity contribution in [3.8, 4) is 0 Å². The predicted octanol–water partition coefficient (Wildman–Crippen LogP) is 2.21. The maximum Gasteiger partial charge on any atom is 0.232 e. The molecule has 0 radical (unpaired) electrons. The van der Waals surface area contributed by atoms with Crippen molar-refractivity contribution >= 4 is 11.8 Å². The van der Waals surface area contributed by atoms with E-state index in [4.69, 9.17) is 0 Å². The first-order valence-electron chi connectivity index (χ1n) is 7.81. The number of hydrogen-bond acceptors (Lipinski definition) is 2. The molecule has 0 saturated carbocycles. The Hall–Kier alpha value is -1.84. The summed E-state index contributed by atoms with van der Waals surface area (Å²) >= 11 is 0. The Morgan fingerprint density at radius 1 is 1.18 bits per heavy atom. The lowest BCUT2D eigenvalue weighted by molar-refractivity contribution is -0.136. The van der Waals surface area contributed by atoms with E-state index < -0.39 is 5.41 Å². The molecule has 0 aliphatic carbocycles. The average Bonchev–Trinajstić information content (AvgIpc) is 2.95. The van der Waals surface area contributed by atoms with E-state index >= 15 is 0 Å². The Labute approximate surface area is 133 Å². The zero-order valence-corrected chi connectivity index (χ0v) is 14.2. The van der Waals surface area contributed by atoms with Crippen LogP contribution in [0.5, 0.6) is 0 Å². The molecule has 2 rings (SSSR count). The molecule has 1 aliphatic rings. The van der Waals surface area contributed by atoms with Gasteiger partial charge in [-0.05, 0) is 32.8 Å². The molecule has 0 aromatic heterocycles. The molecule has 22 heavy (non-hydrogen) atoms. The standard InChI is InChI=1S/C18H26N2O2/c1-13-6-8-15(9-7-13)18(2,3)17(22)20-11-10-14(12-20)16(21)19(4)5/h6-9,14H,10-12H2,1-5H3. The van der Waals surface area contributed by atoms with Crippen molar-refractivity contribution in [2.24, 2.45) is 5.92 Å². The Morgan fingerprint density at radius 3 is 2.32 bits per heavy atom. The molecule has 1 saturated heterocycles. The molecule has 1 atom stereocenters. The van der Waals surface area contributed by atoms with Gasteiger partial charge in [-0.2, -0.15) is 0 Å². The van der Waals surface area contributed by atoms with Gasteiger partial charge in [-0.25, -0.2) is 0 Å². The molecule has 1 aromatic rings. The molecule has 4 nitrogen and oxygen atoms in total. The van der Waals surface area contributed by atoms with Crippen molar-refractivity contribution in [2.75, 3.05) is 27.2 Å². The number of hydrogen-bond donors (Lipinski definition) is 0. The first-order chi connectivity index (χ1) is 10.2. The summed E-state index contributed by atoms with van der Waals surface area (Å²) in [6.07, 6.45) is 0.757. The van der Waals surface area contributed by atoms with Gasteiger partial charge in [0.15, 0.2) is 0 Å². The largest absolute Gasteiger partial charge is 0.349 e. The third kappa shape index (κ3) is 3.16. The van der Waals surface area contributed by atoms with Gasteiger partial charge in [0, 0.05) is 27.2 Å². The molecule has 1 fully saturated rings. The third-order valence-corrected chi connectivity index (χ3v) is 4.57. The minimum atomic E-state index is -0.566. The van der Waals surface area contributed by atoms with Gasteiger partial charge in [0.05, 0.1) is 11.3 Å². The second-order valence-electron chi connectivity index (χ2n) is 6.96. The smallest absolute Gasteiger partial charge is 0.232 e. The lowest BCUT2D eigenvalue weighted by atomic mass is 9.83. The minimum Gasteiger partial charge on any atom is -0.349 e. The number of nitrogens with zero attached hydrogens (tertiary/aromatic N) is 2. The van der Waals surface area contributed by atoms with Gasteiger partial charge in [-0.15, -0.1) is 0 Å². The second kappa shape index (κ2) is 6.11. The predicted molar refractivity (Wildman–Crippen MR) is 87.6 cm³/mol. The van der Waals surface area contributed by atoms with E-state index in [1.54, 1.807) is 19.0 Å². The second-order valence-corrected chi connectivity index (χ2v) is 6.96. The summed E-state index contributed by atoms with van der Waals surface area (Å²) in [5, 5.41) is 0. The molecule has 1 aliphatic heterocycles. The third-order valence-electron chi connectivity index (χ3n) is 4.57. The van der Waals surface area contributed by atoms with E-state index in [0.717, 1.165) is 12.0 Å². The Morgan fingerprint density at radius 2 is 1.77 bits per heavy atom. The zero-order valence-electron chi connectivity index (χ0n) is 14.2. The van der Waals surface area contributed by atoms with E-state index in [2.05, 4.69) is 0 Å². The van der Waals surface area contributed by atoms with Crippen LogP contribution in [0.15, 0.2) is 24.3 Å². The van der Waals surface area contributed by atoms with Gasteiger partial charge in [-0.1, -0.05) is 29.8 Å². The topological polar surface area (TPSA) is 40.6 Å². The van der Waals surface area contributed by atoms with Crippen LogP contribution in [0.1, 0.15) is 31.4 Å². The van der Waals surface area contributed by atoms with Gasteiger partial charge in [0.2, 0.25) is 11.8 Å². The number of carbonyl (C=O) groups is 2. The Kier molecular flexibility index (Phi) is 4.59. The summed E-state index contributed by atoms with van der Waals surface area (Å²) in [5.41, 5.74) is 1.64. The summed E-state index contributed by atoms with van der Waals surface area (Å²) < 4.78 is 0. The molecule has 1 unspecified atom stereocenters. The number of likely N-dealkylation sites (tertiary alicyclic amines) is 1. The highest BCUT2D eigenvalue weighted by atomic mass is 16.2.